The fourth-order valence-corrected chi connectivity index (χ4v) is 3.93. The third-order valence-corrected chi connectivity index (χ3v) is 5.67. The molecule has 4 aromatic rings. The molecule has 5 nitrogen and oxygen atoms in total. The maximum absolute atomic E-state index is 12.8. The van der Waals surface area contributed by atoms with Crippen molar-refractivity contribution in [3.8, 4) is 11.1 Å². The standard InChI is InChI=1S/C27H19F3N4O/c28-27(29,30)25-13-23(8-9-31-25)34-26(35)14-22-7-6-18(15-32-22)21-11-20-10-19(12-24(20)33-16-21)17-4-2-1-3-5-17/h1-11,13,15-16H,12,14H2,(H,31,34,35). The van der Waals surface area contributed by atoms with Crippen LogP contribution in [0.3, 0.4) is 0 Å². The monoisotopic (exact) mass is 472 g/mol. The van der Waals surface area contributed by atoms with Crippen LogP contribution in [0.5, 0.6) is 0 Å². The van der Waals surface area contributed by atoms with Crippen LogP contribution in [0, 0.1) is 0 Å². The second kappa shape index (κ2) is 9.13. The zero-order valence-electron chi connectivity index (χ0n) is 18.4. The number of carbonyl (C=O) groups is 1. The summed E-state index contributed by atoms with van der Waals surface area (Å²) in [5.41, 5.74) is 5.73. The van der Waals surface area contributed by atoms with E-state index >= 15 is 0 Å². The van der Waals surface area contributed by atoms with E-state index in [4.69, 9.17) is 0 Å². The number of fused-ring (bicyclic) bond motifs is 1. The number of carbonyl (C=O) groups excluding carboxylic acids is 1. The normalized spacial score (nSPS) is 12.7. The lowest BCUT2D eigenvalue weighted by molar-refractivity contribution is -0.141. The summed E-state index contributed by atoms with van der Waals surface area (Å²) in [4.78, 5) is 24.6. The molecule has 5 rings (SSSR count). The maximum Gasteiger partial charge on any atom is 0.433 e. The Bertz CT molecular complexity index is 1410. The summed E-state index contributed by atoms with van der Waals surface area (Å²) in [7, 11) is 0. The number of aromatic nitrogens is 3. The Hall–Kier alpha value is -4.33. The first-order valence-corrected chi connectivity index (χ1v) is 10.9. The van der Waals surface area contributed by atoms with Gasteiger partial charge in [0.1, 0.15) is 5.69 Å². The highest BCUT2D eigenvalue weighted by Crippen LogP contribution is 2.33. The van der Waals surface area contributed by atoms with Gasteiger partial charge in [-0.15, -0.1) is 0 Å². The predicted octanol–water partition coefficient (Wildman–Crippen LogP) is 5.84. The van der Waals surface area contributed by atoms with Crippen molar-refractivity contribution < 1.29 is 18.0 Å². The second-order valence-electron chi connectivity index (χ2n) is 8.16. The number of nitrogens with one attached hydrogen (secondary N) is 1. The summed E-state index contributed by atoms with van der Waals surface area (Å²) in [5, 5.41) is 2.46. The molecule has 0 aliphatic heterocycles. The highest BCUT2D eigenvalue weighted by atomic mass is 19.4. The molecule has 8 heteroatoms. The summed E-state index contributed by atoms with van der Waals surface area (Å²) in [6.45, 7) is 0. The fraction of sp³-hybridized carbons (Fsp3) is 0.111. The van der Waals surface area contributed by atoms with Crippen LogP contribution in [-0.4, -0.2) is 20.9 Å². The van der Waals surface area contributed by atoms with E-state index in [1.807, 2.05) is 30.5 Å². The van der Waals surface area contributed by atoms with E-state index in [-0.39, 0.29) is 12.1 Å². The molecule has 0 saturated carbocycles. The Balaban J connectivity index is 1.26. The van der Waals surface area contributed by atoms with Gasteiger partial charge in [0, 0.05) is 47.5 Å². The zero-order chi connectivity index (χ0) is 24.4. The van der Waals surface area contributed by atoms with Gasteiger partial charge in [-0.3, -0.25) is 19.7 Å². The van der Waals surface area contributed by atoms with Gasteiger partial charge in [-0.25, -0.2) is 0 Å². The van der Waals surface area contributed by atoms with E-state index in [9.17, 15) is 18.0 Å². The molecule has 0 fully saturated rings. The first kappa shape index (κ1) is 22.5. The van der Waals surface area contributed by atoms with Crippen LogP contribution in [0.15, 0.2) is 79.3 Å². The molecule has 1 aromatic carbocycles. The van der Waals surface area contributed by atoms with E-state index in [0.717, 1.165) is 41.1 Å². The number of hydrogen-bond acceptors (Lipinski definition) is 4. The van der Waals surface area contributed by atoms with Gasteiger partial charge in [-0.2, -0.15) is 13.2 Å². The first-order chi connectivity index (χ1) is 16.8. The van der Waals surface area contributed by atoms with Crippen LogP contribution in [0.2, 0.25) is 0 Å². The van der Waals surface area contributed by atoms with Gasteiger partial charge in [0.2, 0.25) is 5.91 Å². The molecule has 0 radical (unpaired) electrons. The van der Waals surface area contributed by atoms with Crippen molar-refractivity contribution in [1.29, 1.82) is 0 Å². The van der Waals surface area contributed by atoms with E-state index in [1.54, 1.807) is 12.3 Å². The van der Waals surface area contributed by atoms with Crippen LogP contribution in [-0.2, 0) is 23.8 Å². The molecule has 1 amide bonds. The van der Waals surface area contributed by atoms with Crippen LogP contribution < -0.4 is 5.32 Å². The SMILES string of the molecule is O=C(Cc1ccc(-c2cnc3c(c2)C=C(c2ccccc2)C3)cn1)Nc1ccnc(C(F)(F)F)c1. The molecule has 1 aliphatic rings. The smallest absolute Gasteiger partial charge is 0.326 e. The number of amides is 1. The van der Waals surface area contributed by atoms with Gasteiger partial charge in [0.05, 0.1) is 12.1 Å². The molecular weight excluding hydrogens is 453 g/mol. The minimum absolute atomic E-state index is 0.0288. The molecule has 35 heavy (non-hydrogen) atoms. The number of hydrogen-bond donors (Lipinski definition) is 1. The largest absolute Gasteiger partial charge is 0.433 e. The summed E-state index contributed by atoms with van der Waals surface area (Å²) >= 11 is 0. The lowest BCUT2D eigenvalue weighted by Gasteiger charge is -2.09. The van der Waals surface area contributed by atoms with E-state index < -0.39 is 17.8 Å². The lowest BCUT2D eigenvalue weighted by Crippen LogP contribution is -2.16. The van der Waals surface area contributed by atoms with Crippen molar-refractivity contribution in [3.63, 3.8) is 0 Å². The number of benzene rings is 1. The van der Waals surface area contributed by atoms with E-state index in [2.05, 4.69) is 44.5 Å². The van der Waals surface area contributed by atoms with Crippen LogP contribution >= 0.6 is 0 Å². The van der Waals surface area contributed by atoms with E-state index in [0.29, 0.717) is 5.69 Å². The molecule has 1 aliphatic carbocycles. The van der Waals surface area contributed by atoms with Crippen molar-refractivity contribution in [2.75, 3.05) is 5.32 Å². The van der Waals surface area contributed by atoms with Crippen LogP contribution in [0.25, 0.3) is 22.8 Å². The van der Waals surface area contributed by atoms with Gasteiger partial charge in [0.25, 0.3) is 0 Å². The fourth-order valence-electron chi connectivity index (χ4n) is 3.93. The third kappa shape index (κ3) is 5.11. The Morgan fingerprint density at radius 3 is 2.43 bits per heavy atom. The molecular formula is C27H19F3N4O. The third-order valence-electron chi connectivity index (χ3n) is 5.67. The highest BCUT2D eigenvalue weighted by Gasteiger charge is 2.32. The van der Waals surface area contributed by atoms with Gasteiger partial charge >= 0.3 is 6.18 Å². The Morgan fingerprint density at radius 1 is 0.886 bits per heavy atom. The summed E-state index contributed by atoms with van der Waals surface area (Å²) < 4.78 is 38.4. The van der Waals surface area contributed by atoms with Crippen molar-refractivity contribution in [2.24, 2.45) is 0 Å². The Kier molecular flexibility index (Phi) is 5.86. The number of halogens is 3. The molecule has 0 bridgehead atoms. The van der Waals surface area contributed by atoms with Gasteiger partial charge in [-0.1, -0.05) is 36.4 Å². The summed E-state index contributed by atoms with van der Waals surface area (Å²) in [6, 6.07) is 17.9. The number of rotatable bonds is 5. The van der Waals surface area contributed by atoms with Crippen molar-refractivity contribution in [1.82, 2.24) is 15.0 Å². The first-order valence-electron chi connectivity index (χ1n) is 10.9. The van der Waals surface area contributed by atoms with Crippen molar-refractivity contribution in [3.05, 3.63) is 107 Å². The minimum Gasteiger partial charge on any atom is -0.326 e. The molecule has 0 saturated heterocycles. The molecule has 0 unspecified atom stereocenters. The molecule has 174 valence electrons. The number of allylic oxidation sites excluding steroid dienone is 1. The maximum atomic E-state index is 12.8. The number of pyridine rings is 3. The number of anilines is 1. The molecule has 0 spiro atoms. The van der Waals surface area contributed by atoms with Crippen LogP contribution in [0.4, 0.5) is 18.9 Å². The molecule has 3 aromatic heterocycles. The zero-order valence-corrected chi connectivity index (χ0v) is 18.4. The summed E-state index contributed by atoms with van der Waals surface area (Å²) in [6.07, 6.45) is 2.76. The van der Waals surface area contributed by atoms with E-state index in [1.165, 1.54) is 17.2 Å². The molecule has 3 heterocycles. The summed E-state index contributed by atoms with van der Waals surface area (Å²) in [5.74, 6) is -0.470. The average Bonchev–Trinajstić information content (AvgIpc) is 3.28. The van der Waals surface area contributed by atoms with Crippen LogP contribution in [0.1, 0.15) is 28.2 Å². The average molecular weight is 472 g/mol. The second-order valence-corrected chi connectivity index (χ2v) is 8.16. The predicted molar refractivity (Wildman–Crippen MR) is 127 cm³/mol. The Morgan fingerprint density at radius 2 is 1.69 bits per heavy atom. The van der Waals surface area contributed by atoms with Crippen molar-refractivity contribution >= 4 is 23.2 Å². The lowest BCUT2D eigenvalue weighted by atomic mass is 10.1. The topological polar surface area (TPSA) is 67.8 Å². The Labute approximate surface area is 199 Å². The minimum atomic E-state index is -4.58. The molecule has 0 atom stereocenters. The van der Waals surface area contributed by atoms with Gasteiger partial charge < -0.3 is 5.32 Å². The van der Waals surface area contributed by atoms with Gasteiger partial charge in [-0.05, 0) is 47.0 Å². The number of alkyl halides is 3. The van der Waals surface area contributed by atoms with Crippen molar-refractivity contribution in [2.45, 2.75) is 19.0 Å². The highest BCUT2D eigenvalue weighted by molar-refractivity contribution is 5.92. The number of nitrogens with zero attached hydrogens (tertiary/aromatic N) is 3. The quantitative estimate of drug-likeness (QED) is 0.397. The van der Waals surface area contributed by atoms with Gasteiger partial charge in [0.15, 0.2) is 0 Å². The molecule has 1 N–H and O–H groups in total.